The molecule has 0 aliphatic heterocycles. The van der Waals surface area contributed by atoms with E-state index in [0.29, 0.717) is 27.0 Å². The van der Waals surface area contributed by atoms with Crippen LogP contribution >= 0.6 is 15.9 Å². The maximum atomic E-state index is 13.9. The van der Waals surface area contributed by atoms with E-state index in [1.165, 1.54) is 6.20 Å². The summed E-state index contributed by atoms with van der Waals surface area (Å²) >= 11 is 3.37. The van der Waals surface area contributed by atoms with Crippen LogP contribution in [0.15, 0.2) is 69.0 Å². The zero-order valence-corrected chi connectivity index (χ0v) is 17.9. The Bertz CT molecular complexity index is 1150. The molecule has 1 aromatic heterocycles. The number of pyridine rings is 1. The molecule has 1 unspecified atom stereocenters. The highest BCUT2D eigenvalue weighted by atomic mass is 79.9. The number of fused-ring (bicyclic) bond motifs is 1. The smallest absolute Gasteiger partial charge is 0.376 e. The van der Waals surface area contributed by atoms with Crippen molar-refractivity contribution in [2.45, 2.75) is 37.5 Å². The molecule has 0 saturated carbocycles. The lowest BCUT2D eigenvalue weighted by molar-refractivity contribution is -0.234. The van der Waals surface area contributed by atoms with E-state index in [1.807, 2.05) is 0 Å². The van der Waals surface area contributed by atoms with Crippen molar-refractivity contribution in [2.75, 3.05) is 0 Å². The van der Waals surface area contributed by atoms with Crippen molar-refractivity contribution in [2.24, 2.45) is 4.99 Å². The van der Waals surface area contributed by atoms with Crippen LogP contribution in [-0.2, 0) is 5.41 Å². The normalized spacial score (nSPS) is 14.9. The van der Waals surface area contributed by atoms with Crippen molar-refractivity contribution in [3.8, 4) is 0 Å². The number of alkyl halides is 3. The van der Waals surface area contributed by atoms with Crippen LogP contribution in [0.4, 0.5) is 18.9 Å². The molecule has 0 bridgehead atoms. The lowest BCUT2D eigenvalue weighted by Crippen LogP contribution is -2.50. The number of aromatic nitrogens is 1. The van der Waals surface area contributed by atoms with Gasteiger partial charge in [0.15, 0.2) is 5.60 Å². The van der Waals surface area contributed by atoms with E-state index in [4.69, 9.17) is 0 Å². The molecule has 0 amide bonds. The minimum Gasteiger partial charge on any atom is -0.376 e. The largest absolute Gasteiger partial charge is 0.422 e. The SMILES string of the molecule is CC(C)(CC(O)(/C=N/c1c[nH]c(=O)c2ccccc12)C(F)(F)F)c1ccccc1Br. The van der Waals surface area contributed by atoms with Crippen molar-refractivity contribution in [1.29, 1.82) is 0 Å². The fraction of sp³-hybridized carbons (Fsp3) is 0.273. The molecular formula is C22H20BrF3N2O2. The molecule has 4 nitrogen and oxygen atoms in total. The summed E-state index contributed by atoms with van der Waals surface area (Å²) < 4.78 is 42.4. The van der Waals surface area contributed by atoms with Crippen LogP contribution < -0.4 is 5.56 Å². The predicted molar refractivity (Wildman–Crippen MR) is 116 cm³/mol. The summed E-state index contributed by atoms with van der Waals surface area (Å²) in [6, 6.07) is 13.4. The topological polar surface area (TPSA) is 65.5 Å². The molecule has 158 valence electrons. The van der Waals surface area contributed by atoms with Crippen molar-refractivity contribution < 1.29 is 18.3 Å². The van der Waals surface area contributed by atoms with E-state index in [-0.39, 0.29) is 11.2 Å². The molecule has 1 heterocycles. The first-order chi connectivity index (χ1) is 13.9. The molecule has 0 radical (unpaired) electrons. The summed E-state index contributed by atoms with van der Waals surface area (Å²) in [4.78, 5) is 18.3. The van der Waals surface area contributed by atoms with E-state index in [1.54, 1.807) is 62.4 Å². The Hall–Kier alpha value is -2.45. The highest BCUT2D eigenvalue weighted by Crippen LogP contribution is 2.42. The molecule has 1 atom stereocenters. The van der Waals surface area contributed by atoms with E-state index in [9.17, 15) is 23.1 Å². The Labute approximate surface area is 179 Å². The molecule has 2 N–H and O–H groups in total. The number of hydrogen-bond donors (Lipinski definition) is 2. The molecule has 3 rings (SSSR count). The number of aromatic amines is 1. The van der Waals surface area contributed by atoms with Gasteiger partial charge in [0.25, 0.3) is 5.56 Å². The Morgan fingerprint density at radius 3 is 2.30 bits per heavy atom. The summed E-state index contributed by atoms with van der Waals surface area (Å²) in [5.41, 5.74) is -3.81. The summed E-state index contributed by atoms with van der Waals surface area (Å²) in [6.07, 6.45) is -3.84. The Morgan fingerprint density at radius 1 is 1.07 bits per heavy atom. The number of benzene rings is 2. The molecule has 3 aromatic rings. The number of halogens is 4. The maximum Gasteiger partial charge on any atom is 0.422 e. The molecule has 2 aromatic carbocycles. The molecule has 0 aliphatic rings. The molecule has 8 heteroatoms. The third-order valence-electron chi connectivity index (χ3n) is 5.01. The lowest BCUT2D eigenvalue weighted by Gasteiger charge is -2.36. The first-order valence-corrected chi connectivity index (χ1v) is 9.94. The molecule has 30 heavy (non-hydrogen) atoms. The number of hydrogen-bond acceptors (Lipinski definition) is 3. The fourth-order valence-corrected chi connectivity index (χ4v) is 4.30. The standard InChI is InChI=1S/C22H20BrF3N2O2/c1-20(2,16-9-5-6-10-17(16)23)12-21(30,22(24,25)26)13-28-18-11-27-19(29)15-8-4-3-7-14(15)18/h3-11,13,30H,12H2,1-2H3,(H,27,29)/b28-13+. The van der Waals surface area contributed by atoms with Gasteiger partial charge in [0.2, 0.25) is 0 Å². The second-order valence-electron chi connectivity index (χ2n) is 7.77. The Morgan fingerprint density at radius 2 is 1.67 bits per heavy atom. The number of aliphatic imine (C=N–C) groups is 1. The summed E-state index contributed by atoms with van der Waals surface area (Å²) in [5.74, 6) is 0. The predicted octanol–water partition coefficient (Wildman–Crippen LogP) is 5.65. The van der Waals surface area contributed by atoms with Gasteiger partial charge in [-0.05, 0) is 29.5 Å². The highest BCUT2D eigenvalue weighted by Gasteiger charge is 2.55. The van der Waals surface area contributed by atoms with Crippen molar-refractivity contribution in [3.05, 3.63) is 75.1 Å². The van der Waals surface area contributed by atoms with Crippen molar-refractivity contribution in [1.82, 2.24) is 4.98 Å². The molecule has 0 fully saturated rings. The Balaban J connectivity index is 2.04. The number of nitrogens with one attached hydrogen (secondary N) is 1. The van der Waals surface area contributed by atoms with Crippen LogP contribution in [0.1, 0.15) is 25.8 Å². The number of rotatable bonds is 5. The molecule has 0 saturated heterocycles. The van der Waals surface area contributed by atoms with Crippen molar-refractivity contribution in [3.63, 3.8) is 0 Å². The van der Waals surface area contributed by atoms with Gasteiger partial charge in [-0.15, -0.1) is 0 Å². The van der Waals surface area contributed by atoms with Gasteiger partial charge in [-0.2, -0.15) is 13.2 Å². The quantitative estimate of drug-likeness (QED) is 0.463. The zero-order chi connectivity index (χ0) is 22.2. The molecular weight excluding hydrogens is 461 g/mol. The monoisotopic (exact) mass is 480 g/mol. The van der Waals surface area contributed by atoms with Crippen LogP contribution in [0, 0.1) is 0 Å². The first kappa shape index (κ1) is 22.2. The van der Waals surface area contributed by atoms with Crippen LogP contribution in [0.3, 0.4) is 0 Å². The van der Waals surface area contributed by atoms with Gasteiger partial charge in [0.1, 0.15) is 0 Å². The van der Waals surface area contributed by atoms with Gasteiger partial charge in [-0.1, -0.05) is 66.2 Å². The van der Waals surface area contributed by atoms with Crippen LogP contribution in [0.5, 0.6) is 0 Å². The first-order valence-electron chi connectivity index (χ1n) is 9.14. The Kier molecular flexibility index (Phi) is 5.93. The third kappa shape index (κ3) is 4.34. The van der Waals surface area contributed by atoms with Crippen LogP contribution in [0.25, 0.3) is 10.8 Å². The van der Waals surface area contributed by atoms with Gasteiger partial charge in [-0.25, -0.2) is 0 Å². The molecule has 0 spiro atoms. The highest BCUT2D eigenvalue weighted by molar-refractivity contribution is 9.10. The van der Waals surface area contributed by atoms with Gasteiger partial charge in [0.05, 0.1) is 5.69 Å². The number of nitrogens with zero attached hydrogens (tertiary/aromatic N) is 1. The van der Waals surface area contributed by atoms with E-state index in [2.05, 4.69) is 25.9 Å². The average Bonchev–Trinajstić information content (AvgIpc) is 2.67. The fourth-order valence-electron chi connectivity index (χ4n) is 3.48. The third-order valence-corrected chi connectivity index (χ3v) is 5.70. The van der Waals surface area contributed by atoms with Gasteiger partial charge in [-0.3, -0.25) is 9.79 Å². The molecule has 0 aliphatic carbocycles. The minimum atomic E-state index is -4.95. The van der Waals surface area contributed by atoms with E-state index >= 15 is 0 Å². The van der Waals surface area contributed by atoms with Crippen LogP contribution in [-0.4, -0.2) is 28.1 Å². The zero-order valence-electron chi connectivity index (χ0n) is 16.3. The van der Waals surface area contributed by atoms with Crippen molar-refractivity contribution >= 4 is 38.6 Å². The maximum absolute atomic E-state index is 13.9. The van der Waals surface area contributed by atoms with Crippen LogP contribution in [0.2, 0.25) is 0 Å². The number of aliphatic hydroxyl groups is 1. The summed E-state index contributed by atoms with van der Waals surface area (Å²) in [6.45, 7) is 3.26. The lowest BCUT2D eigenvalue weighted by atomic mass is 9.75. The minimum absolute atomic E-state index is 0.131. The average molecular weight is 481 g/mol. The summed E-state index contributed by atoms with van der Waals surface area (Å²) in [7, 11) is 0. The van der Waals surface area contributed by atoms with Gasteiger partial charge in [0, 0.05) is 27.7 Å². The number of H-pyrrole nitrogens is 1. The second kappa shape index (κ2) is 8.00. The van der Waals surface area contributed by atoms with E-state index in [0.717, 1.165) is 0 Å². The van der Waals surface area contributed by atoms with E-state index < -0.39 is 23.6 Å². The van der Waals surface area contributed by atoms with Gasteiger partial charge >= 0.3 is 6.18 Å². The summed E-state index contributed by atoms with van der Waals surface area (Å²) in [5, 5.41) is 11.4. The second-order valence-corrected chi connectivity index (χ2v) is 8.62. The van der Waals surface area contributed by atoms with Gasteiger partial charge < -0.3 is 10.1 Å².